The lowest BCUT2D eigenvalue weighted by Gasteiger charge is -2.04. The fourth-order valence-corrected chi connectivity index (χ4v) is 1.30. The van der Waals surface area contributed by atoms with Gasteiger partial charge in [0.05, 0.1) is 10.7 Å². The number of pyridine rings is 1. The van der Waals surface area contributed by atoms with Crippen LogP contribution in [0.15, 0.2) is 35.3 Å². The highest BCUT2D eigenvalue weighted by Gasteiger charge is 2.03. The van der Waals surface area contributed by atoms with Crippen molar-refractivity contribution in [2.24, 2.45) is 0 Å². The zero-order valence-electron chi connectivity index (χ0n) is 8.01. The molecule has 5 heteroatoms. The van der Waals surface area contributed by atoms with Gasteiger partial charge in [-0.1, -0.05) is 0 Å². The molecule has 0 radical (unpaired) electrons. The molecule has 0 saturated carbocycles. The van der Waals surface area contributed by atoms with E-state index in [4.69, 9.17) is 4.74 Å². The van der Waals surface area contributed by atoms with Crippen LogP contribution in [0.1, 0.15) is 5.69 Å². The first-order chi connectivity index (χ1) is 7.25. The Morgan fingerprint density at radius 3 is 2.73 bits per heavy atom. The van der Waals surface area contributed by atoms with E-state index in [-0.39, 0.29) is 0 Å². The molecule has 0 saturated heterocycles. The molecule has 76 valence electrons. The Morgan fingerprint density at radius 1 is 1.20 bits per heavy atom. The maximum atomic E-state index is 5.50. The highest BCUT2D eigenvalue weighted by atomic mass is 79.9. The van der Waals surface area contributed by atoms with E-state index in [9.17, 15) is 0 Å². The summed E-state index contributed by atoms with van der Waals surface area (Å²) >= 11 is 3.30. The lowest BCUT2D eigenvalue weighted by atomic mass is 10.4. The summed E-state index contributed by atoms with van der Waals surface area (Å²) in [5, 5.41) is 0. The molecule has 0 aliphatic heterocycles. The Morgan fingerprint density at radius 2 is 2.07 bits per heavy atom. The number of rotatable bonds is 2. The average Bonchev–Trinajstić information content (AvgIpc) is 2.25. The van der Waals surface area contributed by atoms with Crippen LogP contribution in [0.2, 0.25) is 0 Å². The molecule has 0 N–H and O–H groups in total. The van der Waals surface area contributed by atoms with Crippen LogP contribution in [0.4, 0.5) is 0 Å². The van der Waals surface area contributed by atoms with Crippen molar-refractivity contribution >= 4 is 15.9 Å². The van der Waals surface area contributed by atoms with Crippen LogP contribution >= 0.6 is 15.9 Å². The Hall–Kier alpha value is -1.49. The number of ether oxygens (including phenoxy) is 1. The lowest BCUT2D eigenvalue weighted by molar-refractivity contribution is 0.455. The molecule has 0 atom stereocenters. The Kier molecular flexibility index (Phi) is 2.91. The molecule has 2 heterocycles. The van der Waals surface area contributed by atoms with E-state index < -0.39 is 0 Å². The van der Waals surface area contributed by atoms with Gasteiger partial charge in [0.2, 0.25) is 5.88 Å². The van der Waals surface area contributed by atoms with Crippen LogP contribution in [-0.2, 0) is 0 Å². The molecule has 0 fully saturated rings. The number of aryl methyl sites for hydroxylation is 1. The van der Waals surface area contributed by atoms with Crippen LogP contribution in [0.5, 0.6) is 11.6 Å². The number of hydrogen-bond acceptors (Lipinski definition) is 4. The van der Waals surface area contributed by atoms with Crippen molar-refractivity contribution in [1.29, 1.82) is 0 Å². The second kappa shape index (κ2) is 4.35. The van der Waals surface area contributed by atoms with Crippen molar-refractivity contribution in [3.8, 4) is 11.6 Å². The fourth-order valence-electron chi connectivity index (χ4n) is 1.00. The third kappa shape index (κ3) is 2.50. The van der Waals surface area contributed by atoms with Crippen molar-refractivity contribution in [3.05, 3.63) is 41.0 Å². The zero-order chi connectivity index (χ0) is 10.7. The Balaban J connectivity index is 2.22. The average molecular weight is 266 g/mol. The van der Waals surface area contributed by atoms with E-state index >= 15 is 0 Å². The summed E-state index contributed by atoms with van der Waals surface area (Å²) < 4.78 is 6.22. The topological polar surface area (TPSA) is 47.9 Å². The third-order valence-electron chi connectivity index (χ3n) is 1.73. The maximum Gasteiger partial charge on any atom is 0.236 e. The van der Waals surface area contributed by atoms with E-state index in [0.29, 0.717) is 16.1 Å². The molecule has 2 aromatic rings. The largest absolute Gasteiger partial charge is 0.436 e. The minimum atomic E-state index is 0.482. The number of halogens is 1. The molecular formula is C10H8BrN3O. The first-order valence-corrected chi connectivity index (χ1v) is 5.11. The van der Waals surface area contributed by atoms with Gasteiger partial charge in [-0.3, -0.25) is 4.98 Å². The summed E-state index contributed by atoms with van der Waals surface area (Å²) in [4.78, 5) is 12.0. The van der Waals surface area contributed by atoms with Crippen molar-refractivity contribution in [3.63, 3.8) is 0 Å². The number of aromatic nitrogens is 3. The van der Waals surface area contributed by atoms with E-state index in [0.717, 1.165) is 5.69 Å². The second-order valence-electron chi connectivity index (χ2n) is 2.91. The smallest absolute Gasteiger partial charge is 0.236 e. The minimum absolute atomic E-state index is 0.482. The van der Waals surface area contributed by atoms with Crippen molar-refractivity contribution in [2.45, 2.75) is 6.92 Å². The minimum Gasteiger partial charge on any atom is -0.436 e. The Labute approximate surface area is 95.5 Å². The van der Waals surface area contributed by atoms with Gasteiger partial charge in [-0.15, -0.1) is 0 Å². The van der Waals surface area contributed by atoms with Crippen molar-refractivity contribution in [2.75, 3.05) is 0 Å². The molecule has 2 aromatic heterocycles. The van der Waals surface area contributed by atoms with Gasteiger partial charge in [-0.05, 0) is 35.0 Å². The predicted octanol–water partition coefficient (Wildman–Crippen LogP) is 2.73. The third-order valence-corrected chi connectivity index (χ3v) is 2.28. The van der Waals surface area contributed by atoms with Crippen LogP contribution in [0.3, 0.4) is 0 Å². The zero-order valence-corrected chi connectivity index (χ0v) is 9.60. The van der Waals surface area contributed by atoms with Gasteiger partial charge >= 0.3 is 0 Å². The molecular weight excluding hydrogens is 258 g/mol. The summed E-state index contributed by atoms with van der Waals surface area (Å²) in [5.41, 5.74) is 0.948. The number of nitrogens with zero attached hydrogens (tertiary/aromatic N) is 3. The molecule has 2 rings (SSSR count). The number of hydrogen-bond donors (Lipinski definition) is 0. The molecule has 0 aromatic carbocycles. The molecule has 0 bridgehead atoms. The van der Waals surface area contributed by atoms with Crippen LogP contribution < -0.4 is 4.74 Å². The van der Waals surface area contributed by atoms with Gasteiger partial charge in [-0.2, -0.15) is 0 Å². The van der Waals surface area contributed by atoms with E-state index in [2.05, 4.69) is 30.9 Å². The molecule has 0 aliphatic rings. The summed E-state index contributed by atoms with van der Waals surface area (Å²) in [6, 6.07) is 3.72. The highest BCUT2D eigenvalue weighted by molar-refractivity contribution is 9.10. The quantitative estimate of drug-likeness (QED) is 0.838. The van der Waals surface area contributed by atoms with Crippen LogP contribution in [-0.4, -0.2) is 15.0 Å². The monoisotopic (exact) mass is 265 g/mol. The van der Waals surface area contributed by atoms with Crippen LogP contribution in [0.25, 0.3) is 0 Å². The standard InChI is InChI=1S/C10H8BrN3O/c1-7-2-3-8(4-13-7)15-10-9(11)5-12-6-14-10/h2-6H,1H3. The summed E-state index contributed by atoms with van der Waals surface area (Å²) in [5.74, 6) is 1.13. The van der Waals surface area contributed by atoms with Gasteiger partial charge in [0.1, 0.15) is 12.1 Å². The highest BCUT2D eigenvalue weighted by Crippen LogP contribution is 2.25. The molecule has 4 nitrogen and oxygen atoms in total. The summed E-state index contributed by atoms with van der Waals surface area (Å²) in [6.07, 6.45) is 4.72. The van der Waals surface area contributed by atoms with Crippen molar-refractivity contribution in [1.82, 2.24) is 15.0 Å². The second-order valence-corrected chi connectivity index (χ2v) is 3.77. The predicted molar refractivity (Wildman–Crippen MR) is 58.8 cm³/mol. The fraction of sp³-hybridized carbons (Fsp3) is 0.100. The van der Waals surface area contributed by atoms with E-state index in [1.54, 1.807) is 12.4 Å². The van der Waals surface area contributed by atoms with Crippen molar-refractivity contribution < 1.29 is 4.74 Å². The van der Waals surface area contributed by atoms with Gasteiger partial charge in [0.15, 0.2) is 0 Å². The first-order valence-electron chi connectivity index (χ1n) is 4.32. The van der Waals surface area contributed by atoms with Gasteiger partial charge in [-0.25, -0.2) is 9.97 Å². The van der Waals surface area contributed by atoms with Gasteiger partial charge < -0.3 is 4.74 Å². The first kappa shape index (κ1) is 10.0. The van der Waals surface area contributed by atoms with E-state index in [1.165, 1.54) is 6.33 Å². The molecule has 0 amide bonds. The molecule has 15 heavy (non-hydrogen) atoms. The SMILES string of the molecule is Cc1ccc(Oc2ncncc2Br)cn1. The van der Waals surface area contributed by atoms with Crippen LogP contribution in [0, 0.1) is 6.92 Å². The van der Waals surface area contributed by atoms with E-state index in [1.807, 2.05) is 19.1 Å². The lowest BCUT2D eigenvalue weighted by Crippen LogP contribution is -1.91. The summed E-state index contributed by atoms with van der Waals surface area (Å²) in [6.45, 7) is 1.92. The normalized spacial score (nSPS) is 10.0. The Bertz CT molecular complexity index is 458. The van der Waals surface area contributed by atoms with Gasteiger partial charge in [0.25, 0.3) is 0 Å². The molecule has 0 unspecified atom stereocenters. The summed E-state index contributed by atoms with van der Waals surface area (Å²) in [7, 11) is 0. The molecule has 0 spiro atoms. The maximum absolute atomic E-state index is 5.50. The van der Waals surface area contributed by atoms with Gasteiger partial charge in [0, 0.05) is 11.9 Å². The molecule has 0 aliphatic carbocycles.